The van der Waals surface area contributed by atoms with Gasteiger partial charge in [-0.1, -0.05) is 0 Å². The van der Waals surface area contributed by atoms with Crippen LogP contribution in [-0.4, -0.2) is 21.9 Å². The van der Waals surface area contributed by atoms with Crippen LogP contribution < -0.4 is 4.74 Å². The van der Waals surface area contributed by atoms with E-state index in [9.17, 15) is 9.18 Å². The number of carbonyl (C=O) groups excluding carboxylic acids is 1. The van der Waals surface area contributed by atoms with Crippen molar-refractivity contribution in [1.82, 2.24) is 9.55 Å². The zero-order valence-electron chi connectivity index (χ0n) is 10.9. The fourth-order valence-corrected chi connectivity index (χ4v) is 1.80. The van der Waals surface area contributed by atoms with Gasteiger partial charge in [-0.25, -0.2) is 9.37 Å². The van der Waals surface area contributed by atoms with Crippen LogP contribution in [-0.2, 0) is 6.54 Å². The van der Waals surface area contributed by atoms with Gasteiger partial charge in [0.15, 0.2) is 5.78 Å². The third-order valence-corrected chi connectivity index (χ3v) is 2.83. The zero-order chi connectivity index (χ0) is 13.8. The highest BCUT2D eigenvalue weighted by atomic mass is 19.1. The van der Waals surface area contributed by atoms with Crippen molar-refractivity contribution in [2.24, 2.45) is 0 Å². The molecule has 0 radical (unpaired) electrons. The maximum absolute atomic E-state index is 13.1. The van der Waals surface area contributed by atoms with Gasteiger partial charge in [-0.05, 0) is 32.0 Å². The Bertz CT molecular complexity index is 593. The second kappa shape index (κ2) is 5.65. The normalized spacial score (nSPS) is 10.5. The van der Waals surface area contributed by atoms with Gasteiger partial charge >= 0.3 is 0 Å². The lowest BCUT2D eigenvalue weighted by Crippen LogP contribution is -2.10. The van der Waals surface area contributed by atoms with E-state index in [1.807, 2.05) is 17.7 Å². The molecule has 0 saturated heterocycles. The summed E-state index contributed by atoms with van der Waals surface area (Å²) in [6.07, 6.45) is 3.57. The number of rotatable bonds is 5. The molecule has 0 atom stereocenters. The van der Waals surface area contributed by atoms with Gasteiger partial charge in [0, 0.05) is 12.4 Å². The SMILES string of the molecule is CC(=O)c1cc(F)ccc1OCCn1ccnc1C. The maximum Gasteiger partial charge on any atom is 0.163 e. The van der Waals surface area contributed by atoms with Crippen molar-refractivity contribution < 1.29 is 13.9 Å². The minimum absolute atomic E-state index is 0.215. The first-order chi connectivity index (χ1) is 9.08. The molecule has 0 aliphatic rings. The third kappa shape index (κ3) is 3.19. The molecule has 2 rings (SSSR count). The largest absolute Gasteiger partial charge is 0.491 e. The van der Waals surface area contributed by atoms with E-state index in [1.165, 1.54) is 25.1 Å². The summed E-state index contributed by atoms with van der Waals surface area (Å²) in [6.45, 7) is 4.31. The number of halogens is 1. The molecule has 19 heavy (non-hydrogen) atoms. The summed E-state index contributed by atoms with van der Waals surface area (Å²) in [5.74, 6) is 0.650. The van der Waals surface area contributed by atoms with E-state index >= 15 is 0 Å². The van der Waals surface area contributed by atoms with Crippen LogP contribution >= 0.6 is 0 Å². The Morgan fingerprint density at radius 2 is 2.26 bits per heavy atom. The lowest BCUT2D eigenvalue weighted by atomic mass is 10.1. The molecule has 0 spiro atoms. The summed E-state index contributed by atoms with van der Waals surface area (Å²) >= 11 is 0. The highest BCUT2D eigenvalue weighted by Crippen LogP contribution is 2.20. The molecule has 0 fully saturated rings. The van der Waals surface area contributed by atoms with Gasteiger partial charge in [-0.15, -0.1) is 0 Å². The van der Waals surface area contributed by atoms with Crippen molar-refractivity contribution in [2.75, 3.05) is 6.61 Å². The first-order valence-electron chi connectivity index (χ1n) is 5.99. The molecule has 0 amide bonds. The molecule has 0 aliphatic heterocycles. The van der Waals surface area contributed by atoms with Gasteiger partial charge in [-0.3, -0.25) is 4.79 Å². The Hall–Kier alpha value is -2.17. The van der Waals surface area contributed by atoms with E-state index in [2.05, 4.69) is 4.98 Å². The Labute approximate surface area is 110 Å². The van der Waals surface area contributed by atoms with Crippen LogP contribution in [0.3, 0.4) is 0 Å². The lowest BCUT2D eigenvalue weighted by molar-refractivity contribution is 0.101. The monoisotopic (exact) mass is 262 g/mol. The number of Topliss-reactive ketones (excluding diaryl/α,β-unsaturated/α-hetero) is 1. The number of aryl methyl sites for hydroxylation is 1. The zero-order valence-corrected chi connectivity index (χ0v) is 10.9. The van der Waals surface area contributed by atoms with Crippen molar-refractivity contribution >= 4 is 5.78 Å². The fourth-order valence-electron chi connectivity index (χ4n) is 1.80. The minimum atomic E-state index is -0.442. The molecule has 2 aromatic rings. The summed E-state index contributed by atoms with van der Waals surface area (Å²) < 4.78 is 20.6. The van der Waals surface area contributed by atoms with Crippen LogP contribution in [0.25, 0.3) is 0 Å². The fraction of sp³-hybridized carbons (Fsp3) is 0.286. The summed E-state index contributed by atoms with van der Waals surface area (Å²) in [6, 6.07) is 3.96. The van der Waals surface area contributed by atoms with E-state index in [0.29, 0.717) is 18.9 Å². The van der Waals surface area contributed by atoms with Crippen LogP contribution in [0, 0.1) is 12.7 Å². The molecule has 0 aliphatic carbocycles. The second-order valence-electron chi connectivity index (χ2n) is 4.21. The van der Waals surface area contributed by atoms with Gasteiger partial charge in [-0.2, -0.15) is 0 Å². The smallest absolute Gasteiger partial charge is 0.163 e. The maximum atomic E-state index is 13.1. The lowest BCUT2D eigenvalue weighted by Gasteiger charge is -2.11. The summed E-state index contributed by atoms with van der Waals surface area (Å²) in [5, 5.41) is 0. The van der Waals surface area contributed by atoms with Gasteiger partial charge in [0.2, 0.25) is 0 Å². The Morgan fingerprint density at radius 3 is 2.89 bits per heavy atom. The summed E-state index contributed by atoms with van der Waals surface area (Å²) in [7, 11) is 0. The number of carbonyl (C=O) groups is 1. The van der Waals surface area contributed by atoms with E-state index in [0.717, 1.165) is 5.82 Å². The molecule has 1 aromatic heterocycles. The topological polar surface area (TPSA) is 44.1 Å². The number of hydrogen-bond donors (Lipinski definition) is 0. The quantitative estimate of drug-likeness (QED) is 0.778. The number of benzene rings is 1. The van der Waals surface area contributed by atoms with Crippen molar-refractivity contribution in [2.45, 2.75) is 20.4 Å². The Morgan fingerprint density at radius 1 is 1.47 bits per heavy atom. The highest BCUT2D eigenvalue weighted by molar-refractivity contribution is 5.96. The predicted molar refractivity (Wildman–Crippen MR) is 68.9 cm³/mol. The Kier molecular flexibility index (Phi) is 3.94. The number of hydrogen-bond acceptors (Lipinski definition) is 3. The second-order valence-corrected chi connectivity index (χ2v) is 4.21. The van der Waals surface area contributed by atoms with E-state index in [1.54, 1.807) is 6.20 Å². The molecule has 4 nitrogen and oxygen atoms in total. The number of imidazole rings is 1. The van der Waals surface area contributed by atoms with Crippen molar-refractivity contribution in [3.8, 4) is 5.75 Å². The van der Waals surface area contributed by atoms with Gasteiger partial charge in [0.25, 0.3) is 0 Å². The Balaban J connectivity index is 2.03. The number of ketones is 1. The van der Waals surface area contributed by atoms with E-state index < -0.39 is 5.82 Å². The number of nitrogens with zero attached hydrogens (tertiary/aromatic N) is 2. The van der Waals surface area contributed by atoms with Crippen LogP contribution in [0.4, 0.5) is 4.39 Å². The molecular formula is C14H15FN2O2. The van der Waals surface area contributed by atoms with Crippen molar-refractivity contribution in [3.05, 3.63) is 47.8 Å². The average molecular weight is 262 g/mol. The first kappa shape index (κ1) is 13.3. The van der Waals surface area contributed by atoms with Gasteiger partial charge < -0.3 is 9.30 Å². The molecule has 0 bridgehead atoms. The molecule has 0 saturated carbocycles. The molecule has 0 unspecified atom stereocenters. The predicted octanol–water partition coefficient (Wildman–Crippen LogP) is 2.61. The van der Waals surface area contributed by atoms with Crippen LogP contribution in [0.2, 0.25) is 0 Å². The summed E-state index contributed by atoms with van der Waals surface area (Å²) in [5.41, 5.74) is 0.266. The standard InChI is InChI=1S/C14H15FN2O2/c1-10(18)13-9-12(15)3-4-14(13)19-8-7-17-6-5-16-11(17)2/h3-6,9H,7-8H2,1-2H3. The number of ether oxygens (including phenoxy) is 1. The van der Waals surface area contributed by atoms with Crippen LogP contribution in [0.5, 0.6) is 5.75 Å². The molecule has 0 N–H and O–H groups in total. The van der Waals surface area contributed by atoms with Crippen molar-refractivity contribution in [1.29, 1.82) is 0 Å². The first-order valence-corrected chi connectivity index (χ1v) is 5.99. The van der Waals surface area contributed by atoms with Crippen LogP contribution in [0.1, 0.15) is 23.1 Å². The van der Waals surface area contributed by atoms with Crippen LogP contribution in [0.15, 0.2) is 30.6 Å². The minimum Gasteiger partial charge on any atom is -0.491 e. The molecular weight excluding hydrogens is 247 g/mol. The van der Waals surface area contributed by atoms with E-state index in [-0.39, 0.29) is 11.3 Å². The van der Waals surface area contributed by atoms with E-state index in [4.69, 9.17) is 4.74 Å². The molecule has 100 valence electrons. The molecule has 5 heteroatoms. The summed E-state index contributed by atoms with van der Waals surface area (Å²) in [4.78, 5) is 15.5. The third-order valence-electron chi connectivity index (χ3n) is 2.83. The van der Waals surface area contributed by atoms with Gasteiger partial charge in [0.05, 0.1) is 12.1 Å². The molecule has 1 aromatic carbocycles. The average Bonchev–Trinajstić information content (AvgIpc) is 2.77. The molecule has 1 heterocycles. The van der Waals surface area contributed by atoms with Gasteiger partial charge in [0.1, 0.15) is 24.0 Å². The number of aromatic nitrogens is 2. The van der Waals surface area contributed by atoms with Crippen molar-refractivity contribution in [3.63, 3.8) is 0 Å². The highest BCUT2D eigenvalue weighted by Gasteiger charge is 2.10.